The fourth-order valence-corrected chi connectivity index (χ4v) is 10.2. The molecule has 0 aromatic rings. The van der Waals surface area contributed by atoms with Crippen molar-refractivity contribution in [2.24, 2.45) is 44.8 Å². The maximum absolute atomic E-state index is 14.4. The minimum Gasteiger partial charge on any atom is -0.345 e. The number of nitriles is 1. The lowest BCUT2D eigenvalue weighted by Gasteiger charge is -2.69. The molecule has 3 fully saturated rings. The summed E-state index contributed by atoms with van der Waals surface area (Å²) in [6.07, 6.45) is 8.42. The molecule has 5 rings (SSSR count). The van der Waals surface area contributed by atoms with Gasteiger partial charge in [0.25, 0.3) is 5.91 Å². The summed E-state index contributed by atoms with van der Waals surface area (Å²) in [5, 5.41) is 12.7. The molecule has 0 aliphatic heterocycles. The van der Waals surface area contributed by atoms with Gasteiger partial charge in [-0.3, -0.25) is 14.4 Å². The number of hydrogen-bond donors (Lipinski definition) is 1. The normalized spacial score (nSPS) is 43.6. The van der Waals surface area contributed by atoms with E-state index in [1.807, 2.05) is 19.9 Å². The van der Waals surface area contributed by atoms with Gasteiger partial charge in [0.2, 0.25) is 0 Å². The number of halogens is 2. The van der Waals surface area contributed by atoms with Crippen molar-refractivity contribution >= 4 is 17.5 Å². The molecule has 0 bridgehead atoms. The molecule has 0 spiro atoms. The van der Waals surface area contributed by atoms with E-state index < -0.39 is 44.9 Å². The Morgan fingerprint density at radius 2 is 1.65 bits per heavy atom. The van der Waals surface area contributed by atoms with Gasteiger partial charge in [-0.25, -0.2) is 0 Å². The fraction of sp³-hybridized carbons (Fsp3) is 0.758. The molecular formula is C33H44F2N2O3. The molecule has 40 heavy (non-hydrogen) atoms. The van der Waals surface area contributed by atoms with E-state index in [-0.39, 0.29) is 34.4 Å². The monoisotopic (exact) mass is 554 g/mol. The first-order valence-corrected chi connectivity index (χ1v) is 14.8. The predicted octanol–water partition coefficient (Wildman–Crippen LogP) is 6.73. The zero-order valence-electron chi connectivity index (χ0n) is 25.3. The van der Waals surface area contributed by atoms with E-state index in [1.54, 1.807) is 6.08 Å². The summed E-state index contributed by atoms with van der Waals surface area (Å²) in [6.45, 7) is 15.3. The number of carbonyl (C=O) groups excluding carboxylic acids is 3. The van der Waals surface area contributed by atoms with Crippen molar-refractivity contribution in [3.63, 3.8) is 0 Å². The van der Waals surface area contributed by atoms with Gasteiger partial charge < -0.3 is 5.32 Å². The highest BCUT2D eigenvalue weighted by atomic mass is 19.3. The Hall–Kier alpha value is -2.36. The van der Waals surface area contributed by atoms with Crippen LogP contribution in [0.5, 0.6) is 0 Å². The first-order valence-electron chi connectivity index (χ1n) is 14.8. The number of nitrogens with one attached hydrogen (secondary N) is 1. The number of ketones is 2. The van der Waals surface area contributed by atoms with E-state index in [1.165, 1.54) is 0 Å². The van der Waals surface area contributed by atoms with Crippen molar-refractivity contribution in [3.05, 3.63) is 23.3 Å². The molecule has 0 radical (unpaired) electrons. The quantitative estimate of drug-likeness (QED) is 0.410. The molecule has 0 unspecified atom stereocenters. The van der Waals surface area contributed by atoms with Crippen LogP contribution in [0.25, 0.3) is 0 Å². The molecule has 5 aliphatic carbocycles. The standard InChI is InChI=1S/C33H44F2N2O3/c1-27(2)11-13-33(37-26(40)32(8,34)35)14-12-31(7)24(20(33)17-27)21(38)15-23-29(5)16-19(18-36)25(39)28(3,4)22(29)9-10-30(23,31)6/h15-16,20,22,24H,9-14,17H2,1-8H3,(H,37,40)/t20-,22+,24+,29-,30-,31-,33+/m1/s1. The van der Waals surface area contributed by atoms with Crippen LogP contribution in [0.1, 0.15) is 100 Å². The van der Waals surface area contributed by atoms with E-state index in [0.717, 1.165) is 24.8 Å². The lowest BCUT2D eigenvalue weighted by Crippen LogP contribution is -2.70. The number of amides is 1. The van der Waals surface area contributed by atoms with E-state index in [2.05, 4.69) is 46.0 Å². The molecule has 218 valence electrons. The summed E-state index contributed by atoms with van der Waals surface area (Å²) in [4.78, 5) is 40.3. The predicted molar refractivity (Wildman–Crippen MR) is 148 cm³/mol. The van der Waals surface area contributed by atoms with Crippen LogP contribution < -0.4 is 5.32 Å². The van der Waals surface area contributed by atoms with Crippen molar-refractivity contribution in [3.8, 4) is 6.07 Å². The van der Waals surface area contributed by atoms with E-state index in [9.17, 15) is 28.4 Å². The van der Waals surface area contributed by atoms with Crippen LogP contribution in [0.4, 0.5) is 8.78 Å². The Labute approximate surface area is 237 Å². The average Bonchev–Trinajstić information content (AvgIpc) is 2.83. The van der Waals surface area contributed by atoms with Gasteiger partial charge in [-0.05, 0) is 79.1 Å². The highest BCUT2D eigenvalue weighted by Crippen LogP contribution is 2.73. The molecule has 3 saturated carbocycles. The molecule has 0 aromatic carbocycles. The van der Waals surface area contributed by atoms with Gasteiger partial charge in [0.1, 0.15) is 6.07 Å². The van der Waals surface area contributed by atoms with Crippen LogP contribution in [0.3, 0.4) is 0 Å². The second-order valence-corrected chi connectivity index (χ2v) is 15.8. The molecule has 1 amide bonds. The van der Waals surface area contributed by atoms with Crippen molar-refractivity contribution in [2.75, 3.05) is 0 Å². The molecule has 5 aliphatic rings. The molecule has 7 heteroatoms. The summed E-state index contributed by atoms with van der Waals surface area (Å²) < 4.78 is 28.3. The van der Waals surface area contributed by atoms with Crippen molar-refractivity contribution in [1.29, 1.82) is 5.26 Å². The van der Waals surface area contributed by atoms with Crippen LogP contribution in [-0.2, 0) is 14.4 Å². The minimum absolute atomic E-state index is 0.0113. The van der Waals surface area contributed by atoms with Crippen LogP contribution in [0, 0.1) is 56.2 Å². The maximum Gasteiger partial charge on any atom is 0.321 e. The second kappa shape index (κ2) is 8.35. The average molecular weight is 555 g/mol. The van der Waals surface area contributed by atoms with E-state index in [4.69, 9.17) is 0 Å². The Kier molecular flexibility index (Phi) is 6.09. The lowest BCUT2D eigenvalue weighted by atomic mass is 9.35. The van der Waals surface area contributed by atoms with Gasteiger partial charge in [0, 0.05) is 29.2 Å². The number of carbonyl (C=O) groups is 3. The number of fused-ring (bicyclic) bond motifs is 7. The fourth-order valence-electron chi connectivity index (χ4n) is 10.2. The van der Waals surface area contributed by atoms with Crippen LogP contribution in [0.15, 0.2) is 23.3 Å². The zero-order chi connectivity index (χ0) is 29.9. The number of Topliss-reactive ketones (excluding diaryl/α,β-unsaturated/α-hetero) is 1. The third kappa shape index (κ3) is 3.69. The van der Waals surface area contributed by atoms with Gasteiger partial charge in [0.05, 0.1) is 5.57 Å². The Morgan fingerprint density at radius 3 is 2.25 bits per heavy atom. The maximum atomic E-state index is 14.4. The van der Waals surface area contributed by atoms with Gasteiger partial charge in [-0.15, -0.1) is 0 Å². The minimum atomic E-state index is -3.49. The number of nitrogens with zero attached hydrogens (tertiary/aromatic N) is 1. The van der Waals surface area contributed by atoms with Gasteiger partial charge in [0.15, 0.2) is 11.6 Å². The second-order valence-electron chi connectivity index (χ2n) is 15.8. The third-order valence-electron chi connectivity index (χ3n) is 12.6. The Balaban J connectivity index is 1.67. The van der Waals surface area contributed by atoms with Gasteiger partial charge >= 0.3 is 5.92 Å². The van der Waals surface area contributed by atoms with Crippen LogP contribution in [-0.4, -0.2) is 28.9 Å². The highest BCUT2D eigenvalue weighted by Gasteiger charge is 2.70. The molecular weight excluding hydrogens is 510 g/mol. The number of hydrogen-bond acceptors (Lipinski definition) is 4. The third-order valence-corrected chi connectivity index (χ3v) is 12.6. The summed E-state index contributed by atoms with van der Waals surface area (Å²) in [7, 11) is 0. The Bertz CT molecular complexity index is 1300. The van der Waals surface area contributed by atoms with Crippen LogP contribution in [0.2, 0.25) is 0 Å². The molecule has 5 nitrogen and oxygen atoms in total. The smallest absolute Gasteiger partial charge is 0.321 e. The molecule has 0 aromatic heterocycles. The largest absolute Gasteiger partial charge is 0.345 e. The molecule has 7 atom stereocenters. The number of rotatable bonds is 2. The SMILES string of the molecule is CC1(C)CC[C@]2(NC(=O)C(C)(F)F)CC[C@]3(C)[C@H](C(=O)C=C4[C@]5(C)C=C(C#N)C(=O)C(C)(C)[C@@H]5CC[C@]43C)[C@H]2C1. The van der Waals surface area contributed by atoms with Crippen molar-refractivity contribution in [1.82, 2.24) is 5.32 Å². The molecule has 1 N–H and O–H groups in total. The zero-order valence-corrected chi connectivity index (χ0v) is 25.3. The molecule has 0 saturated heterocycles. The van der Waals surface area contributed by atoms with Gasteiger partial charge in [-0.2, -0.15) is 14.0 Å². The summed E-state index contributed by atoms with van der Waals surface area (Å²) >= 11 is 0. The number of alkyl halides is 2. The van der Waals surface area contributed by atoms with Crippen LogP contribution >= 0.6 is 0 Å². The van der Waals surface area contributed by atoms with Crippen molar-refractivity contribution < 1.29 is 23.2 Å². The lowest BCUT2D eigenvalue weighted by molar-refractivity contribution is -0.168. The van der Waals surface area contributed by atoms with Crippen molar-refractivity contribution in [2.45, 2.75) is 112 Å². The topological polar surface area (TPSA) is 87.0 Å². The first kappa shape index (κ1) is 29.1. The number of allylic oxidation sites excluding steroid dienone is 4. The first-order chi connectivity index (χ1) is 18.2. The van der Waals surface area contributed by atoms with Gasteiger partial charge in [-0.1, -0.05) is 60.1 Å². The van der Waals surface area contributed by atoms with E-state index in [0.29, 0.717) is 32.6 Å². The summed E-state index contributed by atoms with van der Waals surface area (Å²) in [6, 6.07) is 2.13. The van der Waals surface area contributed by atoms with E-state index >= 15 is 0 Å². The summed E-state index contributed by atoms with van der Waals surface area (Å²) in [5.74, 6) is -5.62. The highest BCUT2D eigenvalue weighted by molar-refractivity contribution is 6.04. The molecule has 0 heterocycles. The Morgan fingerprint density at radius 1 is 1.02 bits per heavy atom. The summed E-state index contributed by atoms with van der Waals surface area (Å²) in [5.41, 5.74) is -1.98.